The third kappa shape index (κ3) is 2.63. The Morgan fingerprint density at radius 1 is 1.28 bits per heavy atom. The molecule has 2 rings (SSSR count). The summed E-state index contributed by atoms with van der Waals surface area (Å²) in [5.41, 5.74) is 1.35. The molecule has 96 valence electrons. The molecule has 2 unspecified atom stereocenters. The van der Waals surface area contributed by atoms with E-state index in [9.17, 15) is 4.79 Å². The van der Waals surface area contributed by atoms with Crippen LogP contribution in [0.15, 0.2) is 43.0 Å². The topological polar surface area (TPSA) is 20.3 Å². The lowest BCUT2D eigenvalue weighted by Gasteiger charge is -2.38. The highest BCUT2D eigenvalue weighted by Gasteiger charge is 2.30. The number of hydrogen-bond donors (Lipinski definition) is 0. The third-order valence-corrected chi connectivity index (χ3v) is 3.98. The van der Waals surface area contributed by atoms with E-state index in [1.54, 1.807) is 0 Å². The van der Waals surface area contributed by atoms with Crippen molar-refractivity contribution in [3.63, 3.8) is 0 Å². The van der Waals surface area contributed by atoms with Crippen LogP contribution in [0.2, 0.25) is 0 Å². The maximum Gasteiger partial charge on any atom is 0.245 e. The van der Waals surface area contributed by atoms with E-state index in [4.69, 9.17) is 0 Å². The zero-order valence-electron chi connectivity index (χ0n) is 11.0. The highest BCUT2D eigenvalue weighted by molar-refractivity contribution is 5.87. The average molecular weight is 243 g/mol. The van der Waals surface area contributed by atoms with Gasteiger partial charge in [0.2, 0.25) is 5.91 Å². The summed E-state index contributed by atoms with van der Waals surface area (Å²) in [6, 6.07) is 10.9. The Labute approximate surface area is 109 Å². The fourth-order valence-corrected chi connectivity index (χ4v) is 2.97. The van der Waals surface area contributed by atoms with Crippen LogP contribution in [0.1, 0.15) is 37.2 Å². The largest absolute Gasteiger partial charge is 0.339 e. The molecule has 0 heterocycles. The van der Waals surface area contributed by atoms with Gasteiger partial charge in [0.25, 0.3) is 0 Å². The molecule has 0 N–H and O–H groups in total. The molecule has 0 aliphatic heterocycles. The molecule has 1 aromatic carbocycles. The second-order valence-electron chi connectivity index (χ2n) is 5.02. The highest BCUT2D eigenvalue weighted by atomic mass is 16.2. The Kier molecular flexibility index (Phi) is 4.19. The summed E-state index contributed by atoms with van der Waals surface area (Å²) in [4.78, 5) is 13.7. The molecule has 0 radical (unpaired) electrons. The average Bonchev–Trinajstić information content (AvgIpc) is 2.46. The summed E-state index contributed by atoms with van der Waals surface area (Å²) in [5.74, 6) is 0.497. The number of benzene rings is 1. The Balaban J connectivity index is 2.21. The molecule has 1 aromatic rings. The van der Waals surface area contributed by atoms with Crippen molar-refractivity contribution >= 4 is 5.91 Å². The Bertz CT molecular complexity index is 412. The van der Waals surface area contributed by atoms with Crippen molar-refractivity contribution in [2.75, 3.05) is 7.05 Å². The van der Waals surface area contributed by atoms with Gasteiger partial charge in [-0.15, -0.1) is 0 Å². The fraction of sp³-hybridized carbons (Fsp3) is 0.438. The summed E-state index contributed by atoms with van der Waals surface area (Å²) < 4.78 is 0. The van der Waals surface area contributed by atoms with Crippen molar-refractivity contribution < 1.29 is 4.79 Å². The minimum atomic E-state index is 0.0304. The molecule has 2 atom stereocenters. The summed E-state index contributed by atoms with van der Waals surface area (Å²) in [6.07, 6.45) is 6.14. The first-order valence-corrected chi connectivity index (χ1v) is 6.68. The third-order valence-electron chi connectivity index (χ3n) is 3.98. The molecular weight excluding hydrogens is 222 g/mol. The molecule has 0 saturated heterocycles. The number of carbonyl (C=O) groups is 1. The lowest BCUT2D eigenvalue weighted by Crippen LogP contribution is -2.41. The summed E-state index contributed by atoms with van der Waals surface area (Å²) in [7, 11) is 1.90. The SMILES string of the molecule is C=CC(=O)N(C)C1CCCCC1c1ccccc1. The van der Waals surface area contributed by atoms with E-state index < -0.39 is 0 Å². The predicted molar refractivity (Wildman–Crippen MR) is 74.4 cm³/mol. The van der Waals surface area contributed by atoms with E-state index in [0.29, 0.717) is 12.0 Å². The molecule has 2 heteroatoms. The lowest BCUT2D eigenvalue weighted by atomic mass is 9.79. The van der Waals surface area contributed by atoms with Crippen molar-refractivity contribution in [2.45, 2.75) is 37.6 Å². The van der Waals surface area contributed by atoms with Gasteiger partial charge in [0.15, 0.2) is 0 Å². The van der Waals surface area contributed by atoms with E-state index in [1.807, 2.05) is 18.0 Å². The van der Waals surface area contributed by atoms with Crippen molar-refractivity contribution in [2.24, 2.45) is 0 Å². The lowest BCUT2D eigenvalue weighted by molar-refractivity contribution is -0.127. The normalized spacial score (nSPS) is 23.4. The molecule has 1 aliphatic carbocycles. The van der Waals surface area contributed by atoms with Crippen molar-refractivity contribution in [3.8, 4) is 0 Å². The van der Waals surface area contributed by atoms with Gasteiger partial charge in [0, 0.05) is 19.0 Å². The first-order valence-electron chi connectivity index (χ1n) is 6.68. The van der Waals surface area contributed by atoms with Crippen LogP contribution in [0.5, 0.6) is 0 Å². The van der Waals surface area contributed by atoms with E-state index in [0.717, 1.165) is 6.42 Å². The van der Waals surface area contributed by atoms with Crippen molar-refractivity contribution in [3.05, 3.63) is 48.6 Å². The van der Waals surface area contributed by atoms with Crippen LogP contribution in [0, 0.1) is 0 Å². The smallest absolute Gasteiger partial charge is 0.245 e. The maximum atomic E-state index is 11.8. The van der Waals surface area contributed by atoms with Gasteiger partial charge < -0.3 is 4.90 Å². The standard InChI is InChI=1S/C16H21NO/c1-3-16(18)17(2)15-12-8-7-11-14(15)13-9-5-4-6-10-13/h3-6,9-10,14-15H,1,7-8,11-12H2,2H3. The van der Waals surface area contributed by atoms with E-state index in [2.05, 4.69) is 30.8 Å². The van der Waals surface area contributed by atoms with Crippen LogP contribution in [0.25, 0.3) is 0 Å². The summed E-state index contributed by atoms with van der Waals surface area (Å²) >= 11 is 0. The summed E-state index contributed by atoms with van der Waals surface area (Å²) in [6.45, 7) is 3.58. The molecule has 18 heavy (non-hydrogen) atoms. The van der Waals surface area contributed by atoms with Crippen LogP contribution >= 0.6 is 0 Å². The van der Waals surface area contributed by atoms with Crippen molar-refractivity contribution in [1.29, 1.82) is 0 Å². The van der Waals surface area contributed by atoms with Crippen LogP contribution in [0.3, 0.4) is 0 Å². The highest BCUT2D eigenvalue weighted by Crippen LogP contribution is 2.35. The van der Waals surface area contributed by atoms with Gasteiger partial charge in [-0.1, -0.05) is 49.8 Å². The summed E-state index contributed by atoms with van der Waals surface area (Å²) in [5, 5.41) is 0. The number of carbonyl (C=O) groups excluding carboxylic acids is 1. The van der Waals surface area contributed by atoms with Crippen LogP contribution in [-0.2, 0) is 4.79 Å². The Morgan fingerprint density at radius 3 is 2.61 bits per heavy atom. The van der Waals surface area contributed by atoms with E-state index in [-0.39, 0.29) is 5.91 Å². The Hall–Kier alpha value is -1.57. The maximum absolute atomic E-state index is 11.8. The molecular formula is C16H21NO. The van der Waals surface area contributed by atoms with Gasteiger partial charge in [0.1, 0.15) is 0 Å². The van der Waals surface area contributed by atoms with Gasteiger partial charge >= 0.3 is 0 Å². The minimum Gasteiger partial charge on any atom is -0.339 e. The molecule has 2 nitrogen and oxygen atoms in total. The van der Waals surface area contributed by atoms with E-state index in [1.165, 1.54) is 30.9 Å². The van der Waals surface area contributed by atoms with Gasteiger partial charge in [-0.05, 0) is 24.5 Å². The van der Waals surface area contributed by atoms with E-state index >= 15 is 0 Å². The van der Waals surface area contributed by atoms with Gasteiger partial charge in [0.05, 0.1) is 0 Å². The van der Waals surface area contributed by atoms with Crippen LogP contribution in [0.4, 0.5) is 0 Å². The van der Waals surface area contributed by atoms with Gasteiger partial charge in [-0.2, -0.15) is 0 Å². The number of hydrogen-bond acceptors (Lipinski definition) is 1. The number of amides is 1. The second-order valence-corrected chi connectivity index (χ2v) is 5.02. The zero-order chi connectivity index (χ0) is 13.0. The van der Waals surface area contributed by atoms with Crippen molar-refractivity contribution in [1.82, 2.24) is 4.90 Å². The fourth-order valence-electron chi connectivity index (χ4n) is 2.97. The van der Waals surface area contributed by atoms with Gasteiger partial charge in [-0.25, -0.2) is 0 Å². The molecule has 1 fully saturated rings. The van der Waals surface area contributed by atoms with Gasteiger partial charge in [-0.3, -0.25) is 4.79 Å². The molecule has 0 bridgehead atoms. The zero-order valence-corrected chi connectivity index (χ0v) is 11.0. The quantitative estimate of drug-likeness (QED) is 0.745. The predicted octanol–water partition coefficient (Wildman–Crippen LogP) is 3.36. The second kappa shape index (κ2) is 5.85. The number of likely N-dealkylation sites (N-methyl/N-ethyl adjacent to an activating group) is 1. The first kappa shape index (κ1) is 12.9. The molecule has 1 saturated carbocycles. The number of nitrogens with zero attached hydrogens (tertiary/aromatic N) is 1. The molecule has 1 aliphatic rings. The monoisotopic (exact) mass is 243 g/mol. The molecule has 1 amide bonds. The Morgan fingerprint density at radius 2 is 1.94 bits per heavy atom. The molecule has 0 spiro atoms. The number of rotatable bonds is 3. The first-order chi connectivity index (χ1) is 8.74. The minimum absolute atomic E-state index is 0.0304. The molecule has 0 aromatic heterocycles. The van der Waals surface area contributed by atoms with Crippen LogP contribution < -0.4 is 0 Å². The van der Waals surface area contributed by atoms with Crippen LogP contribution in [-0.4, -0.2) is 23.9 Å².